The molecule has 1 fully saturated rings. The molecule has 0 aliphatic carbocycles. The second-order valence-electron chi connectivity index (χ2n) is 4.62. The molecule has 1 amide bonds. The number of carbonyl (C=O) groups is 1. The molecule has 7 heteroatoms. The Morgan fingerprint density at radius 3 is 2.81 bits per heavy atom. The number of ether oxygens (including phenoxy) is 1. The molecule has 0 bridgehead atoms. The summed E-state index contributed by atoms with van der Waals surface area (Å²) < 4.78 is 5.21. The van der Waals surface area contributed by atoms with Crippen LogP contribution in [0.25, 0.3) is 6.08 Å². The first-order chi connectivity index (χ1) is 10.1. The lowest BCUT2D eigenvalue weighted by atomic mass is 10.2. The maximum absolute atomic E-state index is 12.1. The first-order valence-electron chi connectivity index (χ1n) is 6.53. The van der Waals surface area contributed by atoms with Gasteiger partial charge in [0.2, 0.25) is 5.91 Å². The third kappa shape index (κ3) is 3.87. The van der Waals surface area contributed by atoms with Gasteiger partial charge in [-0.25, -0.2) is 0 Å². The van der Waals surface area contributed by atoms with Crippen LogP contribution in [0.15, 0.2) is 30.3 Å². The van der Waals surface area contributed by atoms with Crippen molar-refractivity contribution in [3.8, 4) is 0 Å². The fraction of sp³-hybridized carbons (Fsp3) is 0.357. The second kappa shape index (κ2) is 6.96. The monoisotopic (exact) mass is 292 g/mol. The zero-order valence-corrected chi connectivity index (χ0v) is 11.3. The molecular formula is C14H16N2O5. The van der Waals surface area contributed by atoms with E-state index in [1.165, 1.54) is 18.2 Å². The highest BCUT2D eigenvalue weighted by molar-refractivity contribution is 5.92. The van der Waals surface area contributed by atoms with Gasteiger partial charge in [-0.15, -0.1) is 0 Å². The van der Waals surface area contributed by atoms with E-state index in [9.17, 15) is 20.0 Å². The molecule has 0 radical (unpaired) electrons. The third-order valence-electron chi connectivity index (χ3n) is 3.24. The maximum atomic E-state index is 12.1. The Labute approximate surface area is 121 Å². The van der Waals surface area contributed by atoms with Crippen molar-refractivity contribution >= 4 is 17.7 Å². The van der Waals surface area contributed by atoms with Crippen LogP contribution in [0.5, 0.6) is 0 Å². The molecule has 1 aromatic carbocycles. The van der Waals surface area contributed by atoms with E-state index in [1.54, 1.807) is 23.1 Å². The van der Waals surface area contributed by atoms with Gasteiger partial charge in [0.25, 0.3) is 5.69 Å². The Hall–Kier alpha value is -2.25. The minimum Gasteiger partial charge on any atom is -0.394 e. The molecular weight excluding hydrogens is 276 g/mol. The van der Waals surface area contributed by atoms with Crippen LogP contribution in [0.1, 0.15) is 5.56 Å². The predicted molar refractivity (Wildman–Crippen MR) is 75.5 cm³/mol. The van der Waals surface area contributed by atoms with Gasteiger partial charge < -0.3 is 14.7 Å². The van der Waals surface area contributed by atoms with E-state index in [0.717, 1.165) is 0 Å². The van der Waals surface area contributed by atoms with Crippen LogP contribution >= 0.6 is 0 Å². The van der Waals surface area contributed by atoms with Gasteiger partial charge in [-0.3, -0.25) is 14.9 Å². The number of hydrogen-bond acceptors (Lipinski definition) is 5. The Balaban J connectivity index is 2.02. The van der Waals surface area contributed by atoms with Crippen LogP contribution in [-0.2, 0) is 9.53 Å². The number of amides is 1. The molecule has 0 aromatic heterocycles. The highest BCUT2D eigenvalue weighted by atomic mass is 16.6. The van der Waals surface area contributed by atoms with Gasteiger partial charge in [0.15, 0.2) is 0 Å². The van der Waals surface area contributed by atoms with Crippen molar-refractivity contribution in [3.63, 3.8) is 0 Å². The number of hydrogen-bond donors (Lipinski definition) is 1. The van der Waals surface area contributed by atoms with Crippen molar-refractivity contribution in [1.82, 2.24) is 4.90 Å². The fourth-order valence-corrected chi connectivity index (χ4v) is 2.07. The third-order valence-corrected chi connectivity index (χ3v) is 3.24. The molecule has 1 aliphatic rings. The largest absolute Gasteiger partial charge is 0.394 e. The average molecular weight is 292 g/mol. The van der Waals surface area contributed by atoms with E-state index in [2.05, 4.69) is 0 Å². The van der Waals surface area contributed by atoms with Gasteiger partial charge in [0.1, 0.15) is 0 Å². The molecule has 1 saturated heterocycles. The number of aliphatic hydroxyl groups is 1. The highest BCUT2D eigenvalue weighted by Gasteiger charge is 2.25. The van der Waals surface area contributed by atoms with E-state index in [4.69, 9.17) is 4.74 Å². The molecule has 1 heterocycles. The molecule has 1 atom stereocenters. The maximum Gasteiger partial charge on any atom is 0.269 e. The first kappa shape index (κ1) is 15.1. The zero-order chi connectivity index (χ0) is 15.2. The summed E-state index contributed by atoms with van der Waals surface area (Å²) in [6, 6.07) is 5.59. The van der Waals surface area contributed by atoms with Gasteiger partial charge >= 0.3 is 0 Å². The molecule has 1 aromatic rings. The van der Waals surface area contributed by atoms with Crippen LogP contribution in [0.3, 0.4) is 0 Å². The van der Waals surface area contributed by atoms with Crippen LogP contribution in [0.2, 0.25) is 0 Å². The van der Waals surface area contributed by atoms with E-state index >= 15 is 0 Å². The van der Waals surface area contributed by atoms with Crippen molar-refractivity contribution in [1.29, 1.82) is 0 Å². The van der Waals surface area contributed by atoms with Gasteiger partial charge in [0, 0.05) is 24.8 Å². The number of morpholine rings is 1. The molecule has 2 rings (SSSR count). The molecule has 21 heavy (non-hydrogen) atoms. The average Bonchev–Trinajstić information content (AvgIpc) is 2.52. The second-order valence-corrected chi connectivity index (χ2v) is 4.62. The van der Waals surface area contributed by atoms with Gasteiger partial charge in [-0.05, 0) is 23.8 Å². The van der Waals surface area contributed by atoms with E-state index in [-0.39, 0.29) is 24.2 Å². The van der Waals surface area contributed by atoms with Crippen LogP contribution < -0.4 is 0 Å². The van der Waals surface area contributed by atoms with Crippen molar-refractivity contribution in [2.45, 2.75) is 6.04 Å². The zero-order valence-electron chi connectivity index (χ0n) is 11.3. The Bertz CT molecular complexity index is 541. The number of non-ortho nitro benzene ring substituents is 1. The van der Waals surface area contributed by atoms with Crippen LogP contribution in [0.4, 0.5) is 5.69 Å². The summed E-state index contributed by atoms with van der Waals surface area (Å²) >= 11 is 0. The van der Waals surface area contributed by atoms with E-state index < -0.39 is 4.92 Å². The number of aliphatic hydroxyl groups excluding tert-OH is 1. The molecule has 0 saturated carbocycles. The minimum atomic E-state index is -0.474. The van der Waals surface area contributed by atoms with Gasteiger partial charge in [0.05, 0.1) is 30.8 Å². The summed E-state index contributed by atoms with van der Waals surface area (Å²) in [5, 5.41) is 19.8. The number of nitro benzene ring substituents is 1. The molecule has 1 aliphatic heterocycles. The standard InChI is InChI=1S/C14H16N2O5/c17-9-13-10-21-8-7-15(13)14(18)6-3-11-1-4-12(5-2-11)16(19)20/h1-6,13,17H,7-10H2/b6-3+. The lowest BCUT2D eigenvalue weighted by Crippen LogP contribution is -2.49. The van der Waals surface area contributed by atoms with Gasteiger partial charge in [-0.2, -0.15) is 0 Å². The summed E-state index contributed by atoms with van der Waals surface area (Å²) in [6.45, 7) is 1.08. The Kier molecular flexibility index (Phi) is 5.02. The number of rotatable bonds is 4. The van der Waals surface area contributed by atoms with Crippen molar-refractivity contribution in [3.05, 3.63) is 46.0 Å². The number of benzene rings is 1. The van der Waals surface area contributed by atoms with Crippen LogP contribution in [-0.4, -0.2) is 53.2 Å². The highest BCUT2D eigenvalue weighted by Crippen LogP contribution is 2.13. The summed E-state index contributed by atoms with van der Waals surface area (Å²) in [4.78, 5) is 23.7. The van der Waals surface area contributed by atoms with Crippen molar-refractivity contribution in [2.75, 3.05) is 26.4 Å². The van der Waals surface area contributed by atoms with E-state index in [0.29, 0.717) is 25.3 Å². The SMILES string of the molecule is O=C(/C=C/c1ccc([N+](=O)[O-])cc1)N1CCOCC1CO. The topological polar surface area (TPSA) is 92.9 Å². The smallest absolute Gasteiger partial charge is 0.269 e. The van der Waals surface area contributed by atoms with Crippen molar-refractivity contribution < 1.29 is 19.6 Å². The first-order valence-corrected chi connectivity index (χ1v) is 6.53. The lowest BCUT2D eigenvalue weighted by molar-refractivity contribution is -0.384. The molecule has 112 valence electrons. The molecule has 0 spiro atoms. The Morgan fingerprint density at radius 2 is 2.19 bits per heavy atom. The number of nitrogens with zero attached hydrogens (tertiary/aromatic N) is 2. The Morgan fingerprint density at radius 1 is 1.48 bits per heavy atom. The summed E-state index contributed by atoms with van der Waals surface area (Å²) in [5.74, 6) is -0.212. The lowest BCUT2D eigenvalue weighted by Gasteiger charge is -2.33. The normalized spacial score (nSPS) is 18.9. The predicted octanol–water partition coefficient (Wildman–Crippen LogP) is 0.828. The summed E-state index contributed by atoms with van der Waals surface area (Å²) in [7, 11) is 0. The number of carbonyl (C=O) groups excluding carboxylic acids is 1. The number of nitro groups is 1. The molecule has 1 unspecified atom stereocenters. The molecule has 7 nitrogen and oxygen atoms in total. The van der Waals surface area contributed by atoms with E-state index in [1.807, 2.05) is 0 Å². The van der Waals surface area contributed by atoms with Crippen LogP contribution in [0, 0.1) is 10.1 Å². The molecule has 1 N–H and O–H groups in total. The summed E-state index contributed by atoms with van der Waals surface area (Å²) in [5.41, 5.74) is 0.703. The van der Waals surface area contributed by atoms with Gasteiger partial charge in [-0.1, -0.05) is 0 Å². The minimum absolute atomic E-state index is 0.00648. The van der Waals surface area contributed by atoms with Crippen molar-refractivity contribution in [2.24, 2.45) is 0 Å². The fourth-order valence-electron chi connectivity index (χ4n) is 2.07. The quantitative estimate of drug-likeness (QED) is 0.504. The summed E-state index contributed by atoms with van der Waals surface area (Å²) in [6.07, 6.45) is 2.99.